The van der Waals surface area contributed by atoms with Crippen molar-refractivity contribution in [3.8, 4) is 0 Å². The minimum Gasteiger partial charge on any atom is -0.463 e. The van der Waals surface area contributed by atoms with Gasteiger partial charge >= 0.3 is 53.7 Å². The number of ether oxygens (including phenoxy) is 24. The van der Waals surface area contributed by atoms with Gasteiger partial charge in [0.15, 0.2) is 55.5 Å². The number of rotatable bonds is 60. The molecule has 0 aromatic rings. The van der Waals surface area contributed by atoms with Gasteiger partial charge in [-0.15, -0.1) is 0 Å². The summed E-state index contributed by atoms with van der Waals surface area (Å²) in [6.07, 6.45) is -15.3. The number of amides is 6. The Labute approximate surface area is 688 Å². The molecule has 46 nitrogen and oxygen atoms in total. The molecule has 0 radical (unpaired) electrons. The smallest absolute Gasteiger partial charge is 0.303 e. The molecule has 3 heterocycles. The molecule has 15 atom stereocenters. The van der Waals surface area contributed by atoms with E-state index in [0.29, 0.717) is 0 Å². The zero-order valence-corrected chi connectivity index (χ0v) is 69.4. The largest absolute Gasteiger partial charge is 0.463 e. The predicted molar refractivity (Wildman–Crippen MR) is 397 cm³/mol. The lowest BCUT2D eigenvalue weighted by Crippen LogP contribution is -2.66. The second kappa shape index (κ2) is 59.2. The third-order valence-electron chi connectivity index (χ3n) is 16.2. The molecule has 3 fully saturated rings. The number of nitrogens with one attached hydrogen (secondary N) is 6. The number of hydrogen-bond donors (Lipinski definition) is 7. The highest BCUT2D eigenvalue weighted by Crippen LogP contribution is 2.31. The molecule has 3 aliphatic rings. The highest BCUT2D eigenvalue weighted by Gasteiger charge is 2.54. The first-order valence-electron chi connectivity index (χ1n) is 38.4. The summed E-state index contributed by atoms with van der Waals surface area (Å²) in [7, 11) is 0. The summed E-state index contributed by atoms with van der Waals surface area (Å²) in [6, 6.07) is -3.48. The number of carbonyl (C=O) groups excluding carboxylic acids is 15. The van der Waals surface area contributed by atoms with Crippen LogP contribution in [0.25, 0.3) is 0 Å². The zero-order chi connectivity index (χ0) is 88.2. The predicted octanol–water partition coefficient (Wildman–Crippen LogP) is -4.63. The van der Waals surface area contributed by atoms with Crippen LogP contribution in [0.4, 0.5) is 0 Å². The average molecular weight is 1720 g/mol. The van der Waals surface area contributed by atoms with Crippen molar-refractivity contribution in [3.63, 3.8) is 0 Å². The molecule has 3 rings (SSSR count). The average Bonchev–Trinajstić information content (AvgIpc) is 0.798. The minimum atomic E-state index is -1.34. The molecule has 0 aromatic heterocycles. The van der Waals surface area contributed by atoms with Gasteiger partial charge in [0.25, 0.3) is 0 Å². The quantitative estimate of drug-likeness (QED) is 0.0171. The van der Waals surface area contributed by atoms with Gasteiger partial charge < -0.3 is 151 Å². The molecule has 0 unspecified atom stereocenters. The number of esters is 9. The molecule has 6 amide bonds. The van der Waals surface area contributed by atoms with Crippen LogP contribution in [0.1, 0.15) is 102 Å². The van der Waals surface area contributed by atoms with Gasteiger partial charge in [-0.25, -0.2) is 0 Å². The van der Waals surface area contributed by atoms with Crippen LogP contribution in [0.3, 0.4) is 0 Å². The van der Waals surface area contributed by atoms with E-state index in [0.717, 1.165) is 62.3 Å². The van der Waals surface area contributed by atoms with E-state index in [2.05, 4.69) is 31.9 Å². The molecule has 0 aliphatic carbocycles. The highest BCUT2D eigenvalue weighted by molar-refractivity contribution is 5.78. The summed E-state index contributed by atoms with van der Waals surface area (Å²) in [5.74, 6) is -9.32. The molecule has 680 valence electrons. The monoisotopic (exact) mass is 1720 g/mol. The van der Waals surface area contributed by atoms with Crippen molar-refractivity contribution < 1.29 is 186 Å². The molecule has 0 saturated carbocycles. The van der Waals surface area contributed by atoms with Crippen molar-refractivity contribution in [2.24, 2.45) is 5.73 Å². The molecular weight excluding hydrogens is 1600 g/mol. The van der Waals surface area contributed by atoms with E-state index < -0.39 is 189 Å². The molecular formula is C73H119N7O39. The van der Waals surface area contributed by atoms with Gasteiger partial charge in [-0.1, -0.05) is 0 Å². The van der Waals surface area contributed by atoms with E-state index >= 15 is 0 Å². The van der Waals surface area contributed by atoms with Gasteiger partial charge in [0.1, 0.15) is 56.3 Å². The van der Waals surface area contributed by atoms with Crippen molar-refractivity contribution >= 4 is 89.2 Å². The lowest BCUT2D eigenvalue weighted by atomic mass is 9.96. The van der Waals surface area contributed by atoms with Gasteiger partial charge in [0.05, 0.1) is 144 Å². The van der Waals surface area contributed by atoms with E-state index in [1.165, 1.54) is 20.8 Å². The maximum absolute atomic E-state index is 12.8. The van der Waals surface area contributed by atoms with Gasteiger partial charge in [0, 0.05) is 122 Å². The first-order chi connectivity index (χ1) is 56.6. The lowest BCUT2D eigenvalue weighted by molar-refractivity contribution is -0.279. The molecule has 46 heteroatoms. The Morgan fingerprint density at radius 3 is 0.714 bits per heavy atom. The van der Waals surface area contributed by atoms with Crippen LogP contribution >= 0.6 is 0 Å². The van der Waals surface area contributed by atoms with Crippen LogP contribution in [0.2, 0.25) is 0 Å². The van der Waals surface area contributed by atoms with E-state index in [1.807, 2.05) is 0 Å². The molecule has 0 spiro atoms. The summed E-state index contributed by atoms with van der Waals surface area (Å²) in [6.45, 7) is 12.8. The third-order valence-corrected chi connectivity index (χ3v) is 16.2. The van der Waals surface area contributed by atoms with E-state index in [1.54, 1.807) is 0 Å². The second-order valence-electron chi connectivity index (χ2n) is 26.8. The Morgan fingerprint density at radius 2 is 0.496 bits per heavy atom. The summed E-state index contributed by atoms with van der Waals surface area (Å²) in [5, 5.41) is 16.0. The first kappa shape index (κ1) is 105. The van der Waals surface area contributed by atoms with Crippen molar-refractivity contribution in [1.29, 1.82) is 0 Å². The lowest BCUT2D eigenvalue weighted by Gasteiger charge is -2.44. The molecule has 8 N–H and O–H groups in total. The normalized spacial score (nSPS) is 22.7. The number of carbonyl (C=O) groups is 15. The van der Waals surface area contributed by atoms with E-state index in [9.17, 15) is 71.9 Å². The Bertz CT molecular complexity index is 2840. The fraction of sp³-hybridized carbons (Fsp3) is 0.795. The minimum absolute atomic E-state index is 0.0000758. The van der Waals surface area contributed by atoms with Crippen LogP contribution in [-0.4, -0.2) is 365 Å². The van der Waals surface area contributed by atoms with Crippen LogP contribution in [0, 0.1) is 0 Å². The molecule has 3 saturated heterocycles. The van der Waals surface area contributed by atoms with Crippen LogP contribution in [0.15, 0.2) is 0 Å². The maximum atomic E-state index is 12.8. The second-order valence-corrected chi connectivity index (χ2v) is 26.8. The Hall–Kier alpha value is -8.59. The van der Waals surface area contributed by atoms with E-state index in [-0.39, 0.29) is 195 Å². The van der Waals surface area contributed by atoms with Crippen molar-refractivity contribution in [1.82, 2.24) is 31.9 Å². The van der Waals surface area contributed by atoms with Gasteiger partial charge in [-0.3, -0.25) is 71.9 Å². The Kier molecular flexibility index (Phi) is 52.0. The van der Waals surface area contributed by atoms with Crippen LogP contribution < -0.4 is 37.6 Å². The molecule has 3 aliphatic heterocycles. The van der Waals surface area contributed by atoms with Gasteiger partial charge in [-0.2, -0.15) is 0 Å². The van der Waals surface area contributed by atoms with Crippen LogP contribution in [-0.2, 0) is 186 Å². The summed E-state index contributed by atoms with van der Waals surface area (Å²) >= 11 is 0. The summed E-state index contributed by atoms with van der Waals surface area (Å²) in [5.41, 5.74) is 5.39. The number of hydrogen-bond acceptors (Lipinski definition) is 40. The Balaban J connectivity index is 1.46. The fourth-order valence-electron chi connectivity index (χ4n) is 11.4. The SMILES string of the molecule is CC(=O)N[C@H]1[C@H](OCCOCCOCCNC(=O)CCOCC(N)(COCCC(=O)NCCOCCOCCO[C@@H]2O[C@H](COC(C)=O)[C@H](OC(C)=O)[C@H](OC(C)=O)[C@H]2NC(C)=O)COCCC(=O)NCCOCCOCCO[C@@H]2O[C@H](COC(C)=O)[C@H](OC(C)=O)[C@H](OC(C)=O)[C@H]2NC(C)=O)O[C@H](COC(C)=O)[C@H](OC(C)=O)[C@@H]1OC(C)=O. The number of nitrogens with two attached hydrogens (primary N) is 1. The maximum Gasteiger partial charge on any atom is 0.303 e. The third kappa shape index (κ3) is 46.1. The van der Waals surface area contributed by atoms with Crippen LogP contribution in [0.5, 0.6) is 0 Å². The van der Waals surface area contributed by atoms with Crippen molar-refractivity contribution in [2.45, 2.75) is 200 Å². The summed E-state index contributed by atoms with van der Waals surface area (Å²) < 4.78 is 134. The van der Waals surface area contributed by atoms with Gasteiger partial charge in [0.2, 0.25) is 35.4 Å². The Morgan fingerprint density at radius 1 is 0.277 bits per heavy atom. The topological polar surface area (TPSA) is 576 Å². The van der Waals surface area contributed by atoms with Gasteiger partial charge in [-0.05, 0) is 0 Å². The zero-order valence-electron chi connectivity index (χ0n) is 69.4. The first-order valence-corrected chi connectivity index (χ1v) is 38.4. The molecule has 0 bridgehead atoms. The highest BCUT2D eigenvalue weighted by atomic mass is 16.7. The molecule has 0 aromatic carbocycles. The van der Waals surface area contributed by atoms with Crippen molar-refractivity contribution in [2.75, 3.05) is 178 Å². The van der Waals surface area contributed by atoms with Crippen molar-refractivity contribution in [3.05, 3.63) is 0 Å². The standard InChI is InChI=1S/C73H119N7O39/c1-43(81)78-61-67(114-52(10)90)64(111-49(7)87)55(37-108-46(4)84)117-70(61)105-34-31-99-28-25-96-22-16-75-58(93)13-19-102-40-73(74,41-103-20-14-59(94)76-17-23-97-26-29-100-32-35-106-71-62(79-44(2)82)68(115-53(11)91)65(112-50(8)88)56(118-71)38-109-47(5)85)42-104-21-15-60(95)77-18-24-98-27-30-101-33-36-107-72-63(80-45(3)83)69(116-54(12)92)66(113-51(9)89)57(119-72)39-110-48(6)86/h55-57,61-72H,13-42,74H2,1-12H3,(H,75,93)(H,76,94)(H,77,95)(H,78,81)(H,79,82)(H,80,83)/t55-,56-,57-,61-,62-,63-,64+,65+,66+,67-,68-,69-,70-,71-,72-/m1/s1. The fourth-order valence-corrected chi connectivity index (χ4v) is 11.4. The van der Waals surface area contributed by atoms with E-state index in [4.69, 9.17) is 119 Å². The molecule has 119 heavy (non-hydrogen) atoms. The summed E-state index contributed by atoms with van der Waals surface area (Å²) in [4.78, 5) is 183.